The van der Waals surface area contributed by atoms with Crippen molar-refractivity contribution in [2.45, 2.75) is 26.2 Å². The fourth-order valence-electron chi connectivity index (χ4n) is 2.65. The van der Waals surface area contributed by atoms with Crippen LogP contribution in [0.5, 0.6) is 0 Å². The molecule has 0 aliphatic heterocycles. The van der Waals surface area contributed by atoms with Crippen LogP contribution in [0.2, 0.25) is 0 Å². The Morgan fingerprint density at radius 1 is 0.758 bits per heavy atom. The molecule has 0 aromatic heterocycles. The van der Waals surface area contributed by atoms with Crippen molar-refractivity contribution in [1.29, 1.82) is 0 Å². The minimum absolute atomic E-state index is 0.0146. The number of amides is 3. The monoisotopic (exact) mass is 467 g/mol. The number of hydrogen-bond donors (Lipinski definition) is 3. The van der Waals surface area contributed by atoms with E-state index in [0.717, 1.165) is 12.8 Å². The summed E-state index contributed by atoms with van der Waals surface area (Å²) in [6.45, 7) is 4.55. The van der Waals surface area contributed by atoms with Gasteiger partial charge in [0.2, 0.25) is 17.7 Å². The molecule has 0 aliphatic rings. The average Bonchev–Trinajstić information content (AvgIpc) is 2.78. The highest BCUT2D eigenvalue weighted by Gasteiger charge is 2.03. The third kappa shape index (κ3) is 17.7. The molecule has 0 fully saturated rings. The van der Waals surface area contributed by atoms with Crippen LogP contribution in [0, 0.1) is 6.92 Å². The van der Waals surface area contributed by atoms with Gasteiger partial charge in [-0.15, -0.1) is 0 Å². The maximum Gasteiger partial charge on any atom is 0.246 e. The van der Waals surface area contributed by atoms with Crippen LogP contribution in [0.15, 0.2) is 24.3 Å². The van der Waals surface area contributed by atoms with E-state index in [1.807, 2.05) is 0 Å². The SMILES string of the molecule is Cc1ccc(CCCC(=O)NCCOCCOCC(=O)NCCOCCOCC(N)=O)cc1. The summed E-state index contributed by atoms with van der Waals surface area (Å²) in [5.74, 6) is -0.762. The zero-order chi connectivity index (χ0) is 24.2. The van der Waals surface area contributed by atoms with Gasteiger partial charge < -0.3 is 35.3 Å². The molecule has 33 heavy (non-hydrogen) atoms. The second-order valence-corrected chi connectivity index (χ2v) is 7.34. The van der Waals surface area contributed by atoms with Crippen LogP contribution in [-0.2, 0) is 39.8 Å². The zero-order valence-corrected chi connectivity index (χ0v) is 19.4. The molecule has 186 valence electrons. The first-order valence-corrected chi connectivity index (χ1v) is 11.2. The summed E-state index contributed by atoms with van der Waals surface area (Å²) < 4.78 is 20.8. The standard InChI is InChI=1S/C23H37N3O7/c1-19-5-7-20(8-6-19)3-2-4-22(28)25-9-11-30-14-16-33-18-23(29)26-10-12-31-13-15-32-17-21(24)27/h5-8H,2-4,9-18H2,1H3,(H2,24,27)(H,25,28)(H,26,29). The molecule has 0 aliphatic carbocycles. The van der Waals surface area contributed by atoms with Gasteiger partial charge in [0, 0.05) is 19.5 Å². The number of carbonyl (C=O) groups is 3. The molecule has 1 aromatic rings. The van der Waals surface area contributed by atoms with E-state index in [1.54, 1.807) is 0 Å². The average molecular weight is 468 g/mol. The van der Waals surface area contributed by atoms with Crippen molar-refractivity contribution in [2.75, 3.05) is 65.9 Å². The molecule has 0 radical (unpaired) electrons. The molecule has 1 aromatic carbocycles. The smallest absolute Gasteiger partial charge is 0.246 e. The molecule has 0 bridgehead atoms. The highest BCUT2D eigenvalue weighted by atomic mass is 16.5. The minimum atomic E-state index is -0.528. The lowest BCUT2D eigenvalue weighted by molar-refractivity contribution is -0.127. The third-order valence-electron chi connectivity index (χ3n) is 4.35. The summed E-state index contributed by atoms with van der Waals surface area (Å²) in [7, 11) is 0. The Morgan fingerprint density at radius 3 is 1.91 bits per heavy atom. The van der Waals surface area contributed by atoms with Crippen LogP contribution >= 0.6 is 0 Å². The first kappa shape index (κ1) is 28.5. The van der Waals surface area contributed by atoms with Gasteiger partial charge in [0.1, 0.15) is 13.2 Å². The Morgan fingerprint density at radius 2 is 1.30 bits per heavy atom. The molecule has 0 unspecified atom stereocenters. The van der Waals surface area contributed by atoms with Crippen molar-refractivity contribution < 1.29 is 33.3 Å². The van der Waals surface area contributed by atoms with E-state index >= 15 is 0 Å². The van der Waals surface area contributed by atoms with Gasteiger partial charge in [-0.05, 0) is 25.3 Å². The van der Waals surface area contributed by atoms with Crippen LogP contribution in [0.1, 0.15) is 24.0 Å². The molecule has 3 amide bonds. The zero-order valence-electron chi connectivity index (χ0n) is 19.4. The topological polar surface area (TPSA) is 138 Å². The van der Waals surface area contributed by atoms with E-state index < -0.39 is 5.91 Å². The summed E-state index contributed by atoms with van der Waals surface area (Å²) in [4.78, 5) is 33.9. The number of nitrogens with two attached hydrogens (primary N) is 1. The van der Waals surface area contributed by atoms with Crippen LogP contribution in [0.3, 0.4) is 0 Å². The first-order chi connectivity index (χ1) is 16.0. The maximum atomic E-state index is 11.8. The Balaban J connectivity index is 1.83. The Bertz CT molecular complexity index is 683. The van der Waals surface area contributed by atoms with Crippen molar-refractivity contribution >= 4 is 17.7 Å². The van der Waals surface area contributed by atoms with E-state index in [1.165, 1.54) is 11.1 Å². The fourth-order valence-corrected chi connectivity index (χ4v) is 2.65. The number of aryl methyl sites for hydroxylation is 2. The van der Waals surface area contributed by atoms with Crippen molar-refractivity contribution in [3.05, 3.63) is 35.4 Å². The molecule has 10 heteroatoms. The normalized spacial score (nSPS) is 10.7. The molecule has 4 N–H and O–H groups in total. The van der Waals surface area contributed by atoms with Crippen molar-refractivity contribution in [3.63, 3.8) is 0 Å². The number of benzene rings is 1. The Labute approximate surface area is 195 Å². The number of rotatable bonds is 20. The molecular weight excluding hydrogens is 430 g/mol. The lowest BCUT2D eigenvalue weighted by atomic mass is 10.1. The highest BCUT2D eigenvalue weighted by Crippen LogP contribution is 2.07. The number of ether oxygens (including phenoxy) is 4. The van der Waals surface area contributed by atoms with Crippen LogP contribution in [0.4, 0.5) is 0 Å². The summed E-state index contributed by atoms with van der Waals surface area (Å²) in [6, 6.07) is 8.34. The molecule has 0 saturated carbocycles. The van der Waals surface area contributed by atoms with Crippen molar-refractivity contribution in [1.82, 2.24) is 10.6 Å². The van der Waals surface area contributed by atoms with Gasteiger partial charge in [0.15, 0.2) is 0 Å². The lowest BCUT2D eigenvalue weighted by Gasteiger charge is -2.08. The van der Waals surface area contributed by atoms with Crippen LogP contribution < -0.4 is 16.4 Å². The van der Waals surface area contributed by atoms with E-state index in [0.29, 0.717) is 45.9 Å². The molecule has 1 rings (SSSR count). The van der Waals surface area contributed by atoms with Crippen LogP contribution in [0.25, 0.3) is 0 Å². The summed E-state index contributed by atoms with van der Waals surface area (Å²) in [6.07, 6.45) is 2.18. The van der Waals surface area contributed by atoms with Crippen molar-refractivity contribution in [2.24, 2.45) is 5.73 Å². The summed E-state index contributed by atoms with van der Waals surface area (Å²) in [5.41, 5.74) is 7.39. The lowest BCUT2D eigenvalue weighted by Crippen LogP contribution is -2.31. The van der Waals surface area contributed by atoms with Crippen LogP contribution in [-0.4, -0.2) is 83.7 Å². The molecule has 0 spiro atoms. The summed E-state index contributed by atoms with van der Waals surface area (Å²) >= 11 is 0. The van der Waals surface area contributed by atoms with Gasteiger partial charge >= 0.3 is 0 Å². The number of primary amides is 1. The molecule has 10 nitrogen and oxygen atoms in total. The Kier molecular flexibility index (Phi) is 16.4. The van der Waals surface area contributed by atoms with E-state index in [4.69, 9.17) is 24.7 Å². The molecule has 0 heterocycles. The predicted octanol–water partition coefficient (Wildman–Crippen LogP) is 0.102. The van der Waals surface area contributed by atoms with Gasteiger partial charge in [0.25, 0.3) is 0 Å². The van der Waals surface area contributed by atoms with Gasteiger partial charge in [-0.3, -0.25) is 14.4 Å². The van der Waals surface area contributed by atoms with Gasteiger partial charge in [0.05, 0.1) is 39.6 Å². The Hall–Kier alpha value is -2.53. The van der Waals surface area contributed by atoms with Crippen molar-refractivity contribution in [3.8, 4) is 0 Å². The maximum absolute atomic E-state index is 11.8. The van der Waals surface area contributed by atoms with E-state index in [2.05, 4.69) is 41.8 Å². The second-order valence-electron chi connectivity index (χ2n) is 7.34. The van der Waals surface area contributed by atoms with Gasteiger partial charge in [-0.2, -0.15) is 0 Å². The van der Waals surface area contributed by atoms with E-state index in [9.17, 15) is 14.4 Å². The predicted molar refractivity (Wildman–Crippen MR) is 123 cm³/mol. The minimum Gasteiger partial charge on any atom is -0.377 e. The van der Waals surface area contributed by atoms with Gasteiger partial charge in [-0.1, -0.05) is 29.8 Å². The molecule has 0 atom stereocenters. The number of carbonyl (C=O) groups excluding carboxylic acids is 3. The quantitative estimate of drug-likeness (QED) is 0.231. The highest BCUT2D eigenvalue weighted by molar-refractivity contribution is 5.77. The molecular formula is C23H37N3O7. The first-order valence-electron chi connectivity index (χ1n) is 11.2. The number of nitrogens with one attached hydrogen (secondary N) is 2. The fraction of sp³-hybridized carbons (Fsp3) is 0.609. The molecule has 0 saturated heterocycles. The second kappa shape index (κ2) is 19.0. The summed E-state index contributed by atoms with van der Waals surface area (Å²) in [5, 5.41) is 5.48. The largest absolute Gasteiger partial charge is 0.377 e. The number of hydrogen-bond acceptors (Lipinski definition) is 7. The van der Waals surface area contributed by atoms with E-state index in [-0.39, 0.29) is 38.2 Å². The third-order valence-corrected chi connectivity index (χ3v) is 4.35. The van der Waals surface area contributed by atoms with Gasteiger partial charge in [-0.25, -0.2) is 0 Å².